The van der Waals surface area contributed by atoms with Gasteiger partial charge in [-0.05, 0) is 61.7 Å². The molecule has 28 heavy (non-hydrogen) atoms. The third-order valence-electron chi connectivity index (χ3n) is 5.84. The number of rotatable bonds is 5. The second-order valence-corrected chi connectivity index (χ2v) is 7.94. The number of carbonyl (C=O) groups is 1. The summed E-state index contributed by atoms with van der Waals surface area (Å²) in [5.74, 6) is 0.808. The molecular formula is C25H28N2O. The van der Waals surface area contributed by atoms with E-state index in [1.54, 1.807) is 0 Å². The maximum Gasteiger partial charge on any atom is 0.238 e. The average Bonchev–Trinajstić information content (AvgIpc) is 2.72. The van der Waals surface area contributed by atoms with Crippen molar-refractivity contribution in [2.75, 3.05) is 25.0 Å². The molecule has 1 N–H and O–H groups in total. The number of fused-ring (bicyclic) bond motifs is 1. The standard InChI is InChI=1S/C25H28N2O/c1-19-11-12-22-9-5-6-10-23(22)25(19)26-24(28)18-27-15-13-21(14-16-27)17-20-7-3-2-4-8-20/h2-12,21H,13-18H2,1H3,(H,26,28). The molecule has 0 spiro atoms. The molecule has 3 aromatic carbocycles. The van der Waals surface area contributed by atoms with Crippen LogP contribution in [-0.4, -0.2) is 30.4 Å². The molecule has 1 aliphatic rings. The van der Waals surface area contributed by atoms with Gasteiger partial charge in [0.15, 0.2) is 0 Å². The van der Waals surface area contributed by atoms with Crippen LogP contribution in [0.1, 0.15) is 24.0 Å². The van der Waals surface area contributed by atoms with Crippen molar-refractivity contribution in [3.8, 4) is 0 Å². The smallest absolute Gasteiger partial charge is 0.238 e. The molecule has 0 saturated carbocycles. The van der Waals surface area contributed by atoms with Crippen LogP contribution >= 0.6 is 0 Å². The summed E-state index contributed by atoms with van der Waals surface area (Å²) in [5, 5.41) is 5.44. The van der Waals surface area contributed by atoms with Gasteiger partial charge in [0.25, 0.3) is 0 Å². The first-order valence-electron chi connectivity index (χ1n) is 10.2. The van der Waals surface area contributed by atoms with E-state index >= 15 is 0 Å². The van der Waals surface area contributed by atoms with Crippen molar-refractivity contribution >= 4 is 22.4 Å². The number of aryl methyl sites for hydroxylation is 1. The van der Waals surface area contributed by atoms with Gasteiger partial charge >= 0.3 is 0 Å². The second kappa shape index (κ2) is 8.57. The molecule has 1 heterocycles. The molecule has 0 unspecified atom stereocenters. The molecule has 1 aliphatic heterocycles. The van der Waals surface area contributed by atoms with Crippen LogP contribution in [0.2, 0.25) is 0 Å². The number of benzene rings is 3. The summed E-state index contributed by atoms with van der Waals surface area (Å²) in [6.07, 6.45) is 3.47. The first kappa shape index (κ1) is 18.7. The molecular weight excluding hydrogens is 344 g/mol. The summed E-state index contributed by atoms with van der Waals surface area (Å²) >= 11 is 0. The maximum atomic E-state index is 12.7. The van der Waals surface area contributed by atoms with E-state index in [2.05, 4.69) is 71.7 Å². The molecule has 3 aromatic rings. The van der Waals surface area contributed by atoms with E-state index in [0.29, 0.717) is 6.54 Å². The molecule has 0 atom stereocenters. The first-order chi connectivity index (χ1) is 13.7. The minimum absolute atomic E-state index is 0.0842. The quantitative estimate of drug-likeness (QED) is 0.680. The van der Waals surface area contributed by atoms with E-state index in [-0.39, 0.29) is 5.91 Å². The maximum absolute atomic E-state index is 12.7. The SMILES string of the molecule is Cc1ccc2ccccc2c1NC(=O)CN1CCC(Cc2ccccc2)CC1. The van der Waals surface area contributed by atoms with Crippen molar-refractivity contribution < 1.29 is 4.79 Å². The summed E-state index contributed by atoms with van der Waals surface area (Å²) in [7, 11) is 0. The lowest BCUT2D eigenvalue weighted by Gasteiger charge is -2.31. The minimum atomic E-state index is 0.0842. The predicted molar refractivity (Wildman–Crippen MR) is 117 cm³/mol. The lowest BCUT2D eigenvalue weighted by molar-refractivity contribution is -0.117. The van der Waals surface area contributed by atoms with Gasteiger partial charge in [-0.3, -0.25) is 9.69 Å². The van der Waals surface area contributed by atoms with E-state index in [1.807, 2.05) is 12.1 Å². The Kier molecular flexibility index (Phi) is 5.73. The number of hydrogen-bond donors (Lipinski definition) is 1. The Morgan fingerprint density at radius 1 is 0.964 bits per heavy atom. The molecule has 3 heteroatoms. The third-order valence-corrected chi connectivity index (χ3v) is 5.84. The number of likely N-dealkylation sites (tertiary alicyclic amines) is 1. The number of hydrogen-bond acceptors (Lipinski definition) is 2. The van der Waals surface area contributed by atoms with E-state index in [0.717, 1.165) is 60.3 Å². The highest BCUT2D eigenvalue weighted by atomic mass is 16.2. The average molecular weight is 373 g/mol. The number of nitrogens with zero attached hydrogens (tertiary/aromatic N) is 1. The Labute approximate surface area is 167 Å². The van der Waals surface area contributed by atoms with Crippen LogP contribution in [0.4, 0.5) is 5.69 Å². The molecule has 144 valence electrons. The van der Waals surface area contributed by atoms with Crippen molar-refractivity contribution in [2.24, 2.45) is 5.92 Å². The van der Waals surface area contributed by atoms with Gasteiger partial charge in [0.2, 0.25) is 5.91 Å². The van der Waals surface area contributed by atoms with Crippen LogP contribution in [0.25, 0.3) is 10.8 Å². The Balaban J connectivity index is 1.32. The van der Waals surface area contributed by atoms with Gasteiger partial charge in [-0.15, -0.1) is 0 Å². The molecule has 0 radical (unpaired) electrons. The van der Waals surface area contributed by atoms with Gasteiger partial charge in [0.05, 0.1) is 12.2 Å². The zero-order chi connectivity index (χ0) is 19.3. The number of nitrogens with one attached hydrogen (secondary N) is 1. The topological polar surface area (TPSA) is 32.3 Å². The van der Waals surface area contributed by atoms with Crippen LogP contribution in [-0.2, 0) is 11.2 Å². The highest BCUT2D eigenvalue weighted by molar-refractivity contribution is 6.03. The van der Waals surface area contributed by atoms with Crippen molar-refractivity contribution in [3.63, 3.8) is 0 Å². The van der Waals surface area contributed by atoms with Gasteiger partial charge in [-0.25, -0.2) is 0 Å². The zero-order valence-corrected chi connectivity index (χ0v) is 16.5. The summed E-state index contributed by atoms with van der Waals surface area (Å²) in [6, 6.07) is 23.1. The molecule has 1 fully saturated rings. The highest BCUT2D eigenvalue weighted by Gasteiger charge is 2.21. The van der Waals surface area contributed by atoms with E-state index in [4.69, 9.17) is 0 Å². The Morgan fingerprint density at radius 3 is 2.46 bits per heavy atom. The Hall–Kier alpha value is -2.65. The Bertz CT molecular complexity index is 943. The van der Waals surface area contributed by atoms with Crippen LogP contribution in [0.5, 0.6) is 0 Å². The first-order valence-corrected chi connectivity index (χ1v) is 10.2. The fourth-order valence-electron chi connectivity index (χ4n) is 4.22. The van der Waals surface area contributed by atoms with Gasteiger partial charge in [-0.1, -0.05) is 66.7 Å². The van der Waals surface area contributed by atoms with E-state index < -0.39 is 0 Å². The summed E-state index contributed by atoms with van der Waals surface area (Å²) in [5.41, 5.74) is 3.47. The fourth-order valence-corrected chi connectivity index (χ4v) is 4.22. The van der Waals surface area contributed by atoms with E-state index in [9.17, 15) is 4.79 Å². The monoisotopic (exact) mass is 372 g/mol. The predicted octanol–water partition coefficient (Wildman–Crippen LogP) is 5.04. The lowest BCUT2D eigenvalue weighted by atomic mass is 9.90. The molecule has 1 saturated heterocycles. The third kappa shape index (κ3) is 4.42. The van der Waals surface area contributed by atoms with Crippen molar-refractivity contribution in [1.29, 1.82) is 0 Å². The van der Waals surface area contributed by atoms with Crippen LogP contribution in [0, 0.1) is 12.8 Å². The number of amides is 1. The molecule has 0 aliphatic carbocycles. The molecule has 4 rings (SSSR count). The largest absolute Gasteiger partial charge is 0.324 e. The molecule has 0 aromatic heterocycles. The second-order valence-electron chi connectivity index (χ2n) is 7.94. The lowest BCUT2D eigenvalue weighted by Crippen LogP contribution is -2.39. The Morgan fingerprint density at radius 2 is 1.68 bits per heavy atom. The normalized spacial score (nSPS) is 15.6. The summed E-state index contributed by atoms with van der Waals surface area (Å²) in [6.45, 7) is 4.52. The fraction of sp³-hybridized carbons (Fsp3) is 0.320. The van der Waals surface area contributed by atoms with Crippen molar-refractivity contribution in [1.82, 2.24) is 4.90 Å². The highest BCUT2D eigenvalue weighted by Crippen LogP contribution is 2.27. The molecule has 1 amide bonds. The van der Waals surface area contributed by atoms with Crippen LogP contribution in [0.15, 0.2) is 66.7 Å². The van der Waals surface area contributed by atoms with E-state index in [1.165, 1.54) is 5.56 Å². The van der Waals surface area contributed by atoms with Gasteiger partial charge in [-0.2, -0.15) is 0 Å². The number of carbonyl (C=O) groups excluding carboxylic acids is 1. The van der Waals surface area contributed by atoms with Crippen molar-refractivity contribution in [3.05, 3.63) is 77.9 Å². The minimum Gasteiger partial charge on any atom is -0.324 e. The number of anilines is 1. The van der Waals surface area contributed by atoms with Crippen LogP contribution in [0.3, 0.4) is 0 Å². The molecule has 3 nitrogen and oxygen atoms in total. The molecule has 0 bridgehead atoms. The zero-order valence-electron chi connectivity index (χ0n) is 16.5. The van der Waals surface area contributed by atoms with Crippen molar-refractivity contribution in [2.45, 2.75) is 26.2 Å². The number of piperidine rings is 1. The summed E-state index contributed by atoms with van der Waals surface area (Å²) in [4.78, 5) is 15.0. The van der Waals surface area contributed by atoms with Gasteiger partial charge in [0.1, 0.15) is 0 Å². The summed E-state index contributed by atoms with van der Waals surface area (Å²) < 4.78 is 0. The van der Waals surface area contributed by atoms with Gasteiger partial charge in [0, 0.05) is 5.39 Å². The van der Waals surface area contributed by atoms with Gasteiger partial charge < -0.3 is 5.32 Å². The van der Waals surface area contributed by atoms with Crippen LogP contribution < -0.4 is 5.32 Å².